The highest BCUT2D eigenvalue weighted by Gasteiger charge is 2.33. The number of carbonyl (C=O) groups excluding carboxylic acids is 2. The summed E-state index contributed by atoms with van der Waals surface area (Å²) < 4.78 is 29.6. The van der Waals surface area contributed by atoms with Gasteiger partial charge in [0, 0.05) is 16.2 Å². The molecule has 0 heterocycles. The number of nitrogens with one attached hydrogen (secondary N) is 1. The van der Waals surface area contributed by atoms with E-state index in [9.17, 15) is 18.0 Å². The SMILES string of the molecule is C[C@H](C(=O)NC1CCCC1)N(Cc1ccccc1)C(=O)CN(c1ccc(I)cc1)S(=O)(=O)c1ccccc1. The fourth-order valence-corrected chi connectivity index (χ4v) is 6.41. The fourth-order valence-electron chi connectivity index (χ4n) is 4.61. The summed E-state index contributed by atoms with van der Waals surface area (Å²) >= 11 is 2.15. The second-order valence-corrected chi connectivity index (χ2v) is 12.6. The van der Waals surface area contributed by atoms with Gasteiger partial charge < -0.3 is 10.2 Å². The summed E-state index contributed by atoms with van der Waals surface area (Å²) in [4.78, 5) is 28.7. The van der Waals surface area contributed by atoms with Crippen LogP contribution in [0.25, 0.3) is 0 Å². The Hall–Kier alpha value is -2.92. The molecule has 38 heavy (non-hydrogen) atoms. The molecule has 1 fully saturated rings. The van der Waals surface area contributed by atoms with E-state index in [1.54, 1.807) is 49.4 Å². The third kappa shape index (κ3) is 6.93. The maximum Gasteiger partial charge on any atom is 0.264 e. The van der Waals surface area contributed by atoms with Gasteiger partial charge in [0.2, 0.25) is 11.8 Å². The normalized spacial score (nSPS) is 14.6. The van der Waals surface area contributed by atoms with E-state index in [4.69, 9.17) is 0 Å². The summed E-state index contributed by atoms with van der Waals surface area (Å²) in [6.07, 6.45) is 4.02. The van der Waals surface area contributed by atoms with Crippen LogP contribution in [0.1, 0.15) is 38.2 Å². The molecular weight excluding hydrogens is 613 g/mol. The Kier molecular flexibility index (Phi) is 9.43. The molecule has 1 N–H and O–H groups in total. The molecule has 200 valence electrons. The molecule has 1 saturated carbocycles. The number of rotatable bonds is 10. The zero-order chi connectivity index (χ0) is 27.1. The standard InChI is InChI=1S/C29H32IN3O4S/c1-22(29(35)31-25-12-8-9-13-25)32(20-23-10-4-2-5-11-23)28(34)21-33(26-18-16-24(30)17-19-26)38(36,37)27-14-6-3-7-15-27/h2-7,10-11,14-19,22,25H,8-9,12-13,20-21H2,1H3,(H,31,35)/t22-/m1/s1. The van der Waals surface area contributed by atoms with E-state index in [0.29, 0.717) is 5.69 Å². The monoisotopic (exact) mass is 645 g/mol. The number of sulfonamides is 1. The minimum Gasteiger partial charge on any atom is -0.352 e. The Bertz CT molecular complexity index is 1330. The molecule has 0 aromatic heterocycles. The molecule has 3 aromatic rings. The highest BCUT2D eigenvalue weighted by atomic mass is 127. The Balaban J connectivity index is 1.65. The van der Waals surface area contributed by atoms with Crippen molar-refractivity contribution in [2.24, 2.45) is 0 Å². The van der Waals surface area contributed by atoms with Gasteiger partial charge in [-0.2, -0.15) is 0 Å². The van der Waals surface area contributed by atoms with E-state index in [0.717, 1.165) is 39.1 Å². The van der Waals surface area contributed by atoms with Crippen LogP contribution in [0, 0.1) is 3.57 Å². The largest absolute Gasteiger partial charge is 0.352 e. The van der Waals surface area contributed by atoms with Crippen LogP contribution in [0.15, 0.2) is 89.8 Å². The van der Waals surface area contributed by atoms with Crippen LogP contribution < -0.4 is 9.62 Å². The summed E-state index contributed by atoms with van der Waals surface area (Å²) in [6.45, 7) is 1.45. The van der Waals surface area contributed by atoms with Gasteiger partial charge in [-0.15, -0.1) is 0 Å². The summed E-state index contributed by atoms with van der Waals surface area (Å²) in [5.41, 5.74) is 1.23. The van der Waals surface area contributed by atoms with Crippen LogP contribution in [0.3, 0.4) is 0 Å². The molecule has 9 heteroatoms. The zero-order valence-electron chi connectivity index (χ0n) is 21.3. The van der Waals surface area contributed by atoms with Gasteiger partial charge >= 0.3 is 0 Å². The minimum absolute atomic E-state index is 0.0907. The van der Waals surface area contributed by atoms with E-state index in [2.05, 4.69) is 27.9 Å². The smallest absolute Gasteiger partial charge is 0.264 e. The number of halogens is 1. The van der Waals surface area contributed by atoms with Gasteiger partial charge in [-0.25, -0.2) is 8.42 Å². The van der Waals surface area contributed by atoms with Crippen LogP contribution in [0.2, 0.25) is 0 Å². The first-order chi connectivity index (χ1) is 18.3. The van der Waals surface area contributed by atoms with Crippen molar-refractivity contribution in [3.63, 3.8) is 0 Å². The Labute approximate surface area is 238 Å². The number of hydrogen-bond acceptors (Lipinski definition) is 4. The number of benzene rings is 3. The molecule has 0 bridgehead atoms. The highest BCUT2D eigenvalue weighted by Crippen LogP contribution is 2.25. The summed E-state index contributed by atoms with van der Waals surface area (Å²) in [5.74, 6) is -0.686. The molecule has 0 unspecified atom stereocenters. The third-order valence-electron chi connectivity index (χ3n) is 6.79. The lowest BCUT2D eigenvalue weighted by molar-refractivity contribution is -0.139. The molecule has 4 rings (SSSR count). The topological polar surface area (TPSA) is 86.8 Å². The van der Waals surface area contributed by atoms with E-state index in [1.807, 2.05) is 30.3 Å². The zero-order valence-corrected chi connectivity index (χ0v) is 24.3. The number of anilines is 1. The number of amides is 2. The quantitative estimate of drug-likeness (QED) is 0.316. The first-order valence-corrected chi connectivity index (χ1v) is 15.2. The predicted octanol–water partition coefficient (Wildman–Crippen LogP) is 4.96. The number of carbonyl (C=O) groups is 2. The third-order valence-corrected chi connectivity index (χ3v) is 9.30. The van der Waals surface area contributed by atoms with Crippen molar-refractivity contribution in [2.45, 2.75) is 56.1 Å². The van der Waals surface area contributed by atoms with Crippen LogP contribution >= 0.6 is 22.6 Å². The molecule has 2 amide bonds. The highest BCUT2D eigenvalue weighted by molar-refractivity contribution is 14.1. The van der Waals surface area contributed by atoms with Crippen molar-refractivity contribution in [2.75, 3.05) is 10.8 Å². The summed E-state index contributed by atoms with van der Waals surface area (Å²) in [5, 5.41) is 3.08. The molecule has 1 aliphatic rings. The molecule has 0 radical (unpaired) electrons. The van der Waals surface area contributed by atoms with Crippen molar-refractivity contribution >= 4 is 50.1 Å². The summed E-state index contributed by atoms with van der Waals surface area (Å²) in [7, 11) is -4.05. The second kappa shape index (κ2) is 12.8. The molecule has 0 aliphatic heterocycles. The van der Waals surface area contributed by atoms with Crippen molar-refractivity contribution in [1.29, 1.82) is 0 Å². The maximum atomic E-state index is 13.9. The minimum atomic E-state index is -4.05. The van der Waals surface area contributed by atoms with Crippen molar-refractivity contribution in [3.05, 3.63) is 94.1 Å². The Morgan fingerprint density at radius 2 is 1.50 bits per heavy atom. The molecule has 0 spiro atoms. The Morgan fingerprint density at radius 3 is 2.11 bits per heavy atom. The molecule has 7 nitrogen and oxygen atoms in total. The molecule has 1 atom stereocenters. The first kappa shape index (κ1) is 28.1. The van der Waals surface area contributed by atoms with Gasteiger partial charge in [-0.1, -0.05) is 61.4 Å². The Morgan fingerprint density at radius 1 is 0.921 bits per heavy atom. The lowest BCUT2D eigenvalue weighted by Crippen LogP contribution is -2.52. The average molecular weight is 646 g/mol. The van der Waals surface area contributed by atoms with E-state index >= 15 is 0 Å². The van der Waals surface area contributed by atoms with E-state index in [-0.39, 0.29) is 23.4 Å². The van der Waals surface area contributed by atoms with Crippen LogP contribution in [-0.4, -0.2) is 43.8 Å². The average Bonchev–Trinajstić information content (AvgIpc) is 3.44. The van der Waals surface area contributed by atoms with Gasteiger partial charge in [0.1, 0.15) is 12.6 Å². The van der Waals surface area contributed by atoms with Crippen molar-refractivity contribution < 1.29 is 18.0 Å². The van der Waals surface area contributed by atoms with Crippen molar-refractivity contribution in [3.8, 4) is 0 Å². The van der Waals surface area contributed by atoms with Gasteiger partial charge in [-0.05, 0) is 84.3 Å². The van der Waals surface area contributed by atoms with Crippen LogP contribution in [0.5, 0.6) is 0 Å². The lowest BCUT2D eigenvalue weighted by Gasteiger charge is -2.32. The van der Waals surface area contributed by atoms with E-state index < -0.39 is 28.5 Å². The predicted molar refractivity (Wildman–Crippen MR) is 157 cm³/mol. The second-order valence-electron chi connectivity index (χ2n) is 9.47. The number of nitrogens with zero attached hydrogens (tertiary/aromatic N) is 2. The molecule has 0 saturated heterocycles. The van der Waals surface area contributed by atoms with Gasteiger partial charge in [0.15, 0.2) is 0 Å². The van der Waals surface area contributed by atoms with E-state index in [1.165, 1.54) is 17.0 Å². The van der Waals surface area contributed by atoms with Crippen LogP contribution in [0.4, 0.5) is 5.69 Å². The lowest BCUT2D eigenvalue weighted by atomic mass is 10.1. The van der Waals surface area contributed by atoms with Crippen molar-refractivity contribution in [1.82, 2.24) is 10.2 Å². The van der Waals surface area contributed by atoms with Gasteiger partial charge in [0.25, 0.3) is 10.0 Å². The molecule has 3 aromatic carbocycles. The maximum absolute atomic E-state index is 13.9. The summed E-state index contributed by atoms with van der Waals surface area (Å²) in [6, 6.07) is 23.8. The van der Waals surface area contributed by atoms with Crippen LogP contribution in [-0.2, 0) is 26.2 Å². The molecule has 1 aliphatic carbocycles. The number of hydrogen-bond donors (Lipinski definition) is 1. The van der Waals surface area contributed by atoms with Gasteiger partial charge in [0.05, 0.1) is 10.6 Å². The first-order valence-electron chi connectivity index (χ1n) is 12.7. The molecular formula is C29H32IN3O4S. The van der Waals surface area contributed by atoms with Gasteiger partial charge in [-0.3, -0.25) is 13.9 Å². The fraction of sp³-hybridized carbons (Fsp3) is 0.310.